The number of nitrogens with one attached hydrogen (secondary N) is 1. The Morgan fingerprint density at radius 2 is 1.84 bits per heavy atom. The first kappa shape index (κ1) is 15.3. The van der Waals surface area contributed by atoms with Crippen LogP contribution in [0.25, 0.3) is 0 Å². The minimum atomic E-state index is 0.711. The van der Waals surface area contributed by atoms with E-state index in [4.69, 9.17) is 4.74 Å². The first-order chi connectivity index (χ1) is 9.40. The van der Waals surface area contributed by atoms with E-state index in [0.717, 1.165) is 25.0 Å². The third-order valence-electron chi connectivity index (χ3n) is 4.98. The summed E-state index contributed by atoms with van der Waals surface area (Å²) < 4.78 is 5.72. The van der Waals surface area contributed by atoms with Crippen LogP contribution in [0.1, 0.15) is 71.1 Å². The number of hydrogen-bond acceptors (Lipinski definition) is 2. The zero-order valence-corrected chi connectivity index (χ0v) is 12.8. The molecule has 1 N–H and O–H groups in total. The maximum atomic E-state index is 5.72. The quantitative estimate of drug-likeness (QED) is 0.730. The van der Waals surface area contributed by atoms with Crippen molar-refractivity contribution in [3.8, 4) is 0 Å². The summed E-state index contributed by atoms with van der Waals surface area (Å²) in [6.07, 6.45) is 14.1. The summed E-state index contributed by atoms with van der Waals surface area (Å²) in [5.41, 5.74) is 0. The van der Waals surface area contributed by atoms with E-state index in [9.17, 15) is 0 Å². The predicted octanol–water partition coefficient (Wildman–Crippen LogP) is 4.14. The molecule has 2 nitrogen and oxygen atoms in total. The molecular weight excluding hydrogens is 234 g/mol. The maximum Gasteiger partial charge on any atom is 0.0509 e. The van der Waals surface area contributed by atoms with Gasteiger partial charge in [-0.15, -0.1) is 0 Å². The third kappa shape index (κ3) is 5.43. The SMILES string of the molecule is CCCNC(CC1CCCCCC1)C1CCCOC1. The standard InChI is InChI=1S/C17H33NO/c1-2-11-18-17(16-10-7-12-19-14-16)13-15-8-5-3-4-6-9-15/h15-18H,2-14H2,1H3. The molecule has 112 valence electrons. The van der Waals surface area contributed by atoms with Crippen molar-refractivity contribution in [2.24, 2.45) is 11.8 Å². The average Bonchev–Trinajstić information content (AvgIpc) is 2.73. The highest BCUT2D eigenvalue weighted by molar-refractivity contribution is 4.81. The molecule has 2 rings (SSSR count). The van der Waals surface area contributed by atoms with Crippen molar-refractivity contribution < 1.29 is 4.74 Å². The molecule has 0 aromatic rings. The van der Waals surface area contributed by atoms with Gasteiger partial charge >= 0.3 is 0 Å². The molecule has 0 spiro atoms. The number of hydrogen-bond donors (Lipinski definition) is 1. The Morgan fingerprint density at radius 3 is 2.47 bits per heavy atom. The van der Waals surface area contributed by atoms with Gasteiger partial charge in [-0.25, -0.2) is 0 Å². The average molecular weight is 267 g/mol. The van der Waals surface area contributed by atoms with Gasteiger partial charge in [0.05, 0.1) is 6.61 Å². The molecule has 2 aliphatic rings. The predicted molar refractivity (Wildman–Crippen MR) is 81.4 cm³/mol. The summed E-state index contributed by atoms with van der Waals surface area (Å²) in [6, 6.07) is 0.711. The van der Waals surface area contributed by atoms with E-state index >= 15 is 0 Å². The van der Waals surface area contributed by atoms with Crippen LogP contribution in [0.15, 0.2) is 0 Å². The topological polar surface area (TPSA) is 21.3 Å². The highest BCUT2D eigenvalue weighted by Crippen LogP contribution is 2.30. The summed E-state index contributed by atoms with van der Waals surface area (Å²) in [6.45, 7) is 5.43. The van der Waals surface area contributed by atoms with E-state index < -0.39 is 0 Å². The molecule has 2 atom stereocenters. The second-order valence-electron chi connectivity index (χ2n) is 6.63. The fourth-order valence-electron chi connectivity index (χ4n) is 3.81. The minimum Gasteiger partial charge on any atom is -0.381 e. The highest BCUT2D eigenvalue weighted by Gasteiger charge is 2.26. The molecule has 1 aliphatic heterocycles. The first-order valence-electron chi connectivity index (χ1n) is 8.71. The molecule has 1 saturated carbocycles. The van der Waals surface area contributed by atoms with Gasteiger partial charge in [-0.05, 0) is 44.1 Å². The van der Waals surface area contributed by atoms with E-state index in [2.05, 4.69) is 12.2 Å². The summed E-state index contributed by atoms with van der Waals surface area (Å²) in [4.78, 5) is 0. The van der Waals surface area contributed by atoms with Gasteiger partial charge in [0.15, 0.2) is 0 Å². The smallest absolute Gasteiger partial charge is 0.0509 e. The van der Waals surface area contributed by atoms with Crippen LogP contribution in [0.2, 0.25) is 0 Å². The fraction of sp³-hybridized carbons (Fsp3) is 1.00. The second kappa shape index (κ2) is 8.97. The van der Waals surface area contributed by atoms with Gasteiger partial charge in [0.1, 0.15) is 0 Å². The van der Waals surface area contributed by atoms with Gasteiger partial charge in [-0.1, -0.05) is 45.4 Å². The fourth-order valence-corrected chi connectivity index (χ4v) is 3.81. The van der Waals surface area contributed by atoms with Crippen LogP contribution in [0.3, 0.4) is 0 Å². The summed E-state index contributed by atoms with van der Waals surface area (Å²) in [7, 11) is 0. The minimum absolute atomic E-state index is 0.711. The van der Waals surface area contributed by atoms with Crippen LogP contribution in [-0.2, 0) is 4.74 Å². The van der Waals surface area contributed by atoms with Crippen molar-refractivity contribution >= 4 is 0 Å². The largest absolute Gasteiger partial charge is 0.381 e. The lowest BCUT2D eigenvalue weighted by atomic mass is 9.84. The molecule has 0 aromatic carbocycles. The van der Waals surface area contributed by atoms with Gasteiger partial charge in [0, 0.05) is 12.6 Å². The molecule has 19 heavy (non-hydrogen) atoms. The van der Waals surface area contributed by atoms with Crippen LogP contribution in [0.4, 0.5) is 0 Å². The molecule has 2 fully saturated rings. The molecule has 0 radical (unpaired) electrons. The first-order valence-corrected chi connectivity index (χ1v) is 8.71. The molecule has 1 aliphatic carbocycles. The lowest BCUT2D eigenvalue weighted by Gasteiger charge is -2.33. The van der Waals surface area contributed by atoms with E-state index in [1.807, 2.05) is 0 Å². The van der Waals surface area contributed by atoms with Gasteiger partial charge < -0.3 is 10.1 Å². The lowest BCUT2D eigenvalue weighted by molar-refractivity contribution is 0.0347. The molecule has 0 amide bonds. The van der Waals surface area contributed by atoms with Crippen molar-refractivity contribution in [3.05, 3.63) is 0 Å². The van der Waals surface area contributed by atoms with Crippen molar-refractivity contribution in [2.45, 2.75) is 77.2 Å². The van der Waals surface area contributed by atoms with Crippen molar-refractivity contribution in [1.82, 2.24) is 5.32 Å². The van der Waals surface area contributed by atoms with Gasteiger partial charge in [0.25, 0.3) is 0 Å². The van der Waals surface area contributed by atoms with Crippen molar-refractivity contribution in [2.75, 3.05) is 19.8 Å². The Labute approximate surface area is 119 Å². The molecule has 1 heterocycles. The normalized spacial score (nSPS) is 27.9. The second-order valence-corrected chi connectivity index (χ2v) is 6.63. The monoisotopic (exact) mass is 267 g/mol. The van der Waals surface area contributed by atoms with Crippen LogP contribution in [-0.4, -0.2) is 25.8 Å². The Morgan fingerprint density at radius 1 is 1.05 bits per heavy atom. The summed E-state index contributed by atoms with van der Waals surface area (Å²) in [5.74, 6) is 1.74. The molecule has 0 bridgehead atoms. The molecule has 2 unspecified atom stereocenters. The molecular formula is C17H33NO. The Bertz CT molecular complexity index is 217. The van der Waals surface area contributed by atoms with Gasteiger partial charge in [-0.3, -0.25) is 0 Å². The van der Waals surface area contributed by atoms with Crippen LogP contribution in [0, 0.1) is 11.8 Å². The van der Waals surface area contributed by atoms with Gasteiger partial charge in [0.2, 0.25) is 0 Å². The lowest BCUT2D eigenvalue weighted by Crippen LogP contribution is -2.41. The number of rotatable bonds is 6. The summed E-state index contributed by atoms with van der Waals surface area (Å²) >= 11 is 0. The Kier molecular flexibility index (Phi) is 7.23. The third-order valence-corrected chi connectivity index (χ3v) is 4.98. The summed E-state index contributed by atoms with van der Waals surface area (Å²) in [5, 5.41) is 3.83. The molecule has 1 saturated heterocycles. The van der Waals surface area contributed by atoms with Crippen LogP contribution in [0.5, 0.6) is 0 Å². The Balaban J connectivity index is 1.83. The van der Waals surface area contributed by atoms with Crippen molar-refractivity contribution in [1.29, 1.82) is 0 Å². The van der Waals surface area contributed by atoms with Crippen LogP contribution < -0.4 is 5.32 Å². The van der Waals surface area contributed by atoms with Crippen molar-refractivity contribution in [3.63, 3.8) is 0 Å². The van der Waals surface area contributed by atoms with E-state index in [-0.39, 0.29) is 0 Å². The van der Waals surface area contributed by atoms with E-state index in [0.29, 0.717) is 6.04 Å². The Hall–Kier alpha value is -0.0800. The highest BCUT2D eigenvalue weighted by atomic mass is 16.5. The maximum absolute atomic E-state index is 5.72. The van der Waals surface area contributed by atoms with E-state index in [1.165, 1.54) is 70.8 Å². The zero-order chi connectivity index (χ0) is 13.3. The zero-order valence-electron chi connectivity index (χ0n) is 12.8. The number of ether oxygens (including phenoxy) is 1. The van der Waals surface area contributed by atoms with Gasteiger partial charge in [-0.2, -0.15) is 0 Å². The van der Waals surface area contributed by atoms with Crippen LogP contribution >= 0.6 is 0 Å². The van der Waals surface area contributed by atoms with E-state index in [1.54, 1.807) is 0 Å². The molecule has 0 aromatic heterocycles. The molecule has 2 heteroatoms.